The molecule has 138 valence electrons. The fraction of sp³-hybridized carbons (Fsp3) is 0.190. The van der Waals surface area contributed by atoms with E-state index in [2.05, 4.69) is 10.6 Å². The second-order valence-electron chi connectivity index (χ2n) is 6.10. The molecule has 1 aliphatic rings. The fourth-order valence-corrected chi connectivity index (χ4v) is 3.63. The minimum atomic E-state index is -0.321. The van der Waals surface area contributed by atoms with Gasteiger partial charge < -0.3 is 20.1 Å². The topological polar surface area (TPSA) is 59.6 Å². The number of benzene rings is 2. The number of para-hydroxylation sites is 1. The summed E-state index contributed by atoms with van der Waals surface area (Å²) in [6, 6.07) is 17.3. The van der Waals surface area contributed by atoms with E-state index in [1.54, 1.807) is 17.4 Å². The van der Waals surface area contributed by atoms with Crippen LogP contribution in [0.2, 0.25) is 0 Å². The smallest absolute Gasteiger partial charge is 0.255 e. The summed E-state index contributed by atoms with van der Waals surface area (Å²) in [5.41, 5.74) is 2.38. The van der Waals surface area contributed by atoms with Gasteiger partial charge in [0.25, 0.3) is 5.91 Å². The molecule has 3 aromatic rings. The van der Waals surface area contributed by atoms with Gasteiger partial charge in [-0.05, 0) is 48.2 Å². The molecule has 2 aromatic carbocycles. The van der Waals surface area contributed by atoms with Crippen LogP contribution in [0, 0.1) is 0 Å². The zero-order valence-corrected chi connectivity index (χ0v) is 15.7. The van der Waals surface area contributed by atoms with Crippen molar-refractivity contribution in [1.29, 1.82) is 0 Å². The van der Waals surface area contributed by atoms with Crippen LogP contribution in [0.25, 0.3) is 0 Å². The minimum absolute atomic E-state index is 0.0923. The summed E-state index contributed by atoms with van der Waals surface area (Å²) < 4.78 is 11.7. The van der Waals surface area contributed by atoms with E-state index in [-0.39, 0.29) is 12.1 Å². The predicted molar refractivity (Wildman–Crippen MR) is 107 cm³/mol. The average Bonchev–Trinajstić information content (AvgIpc) is 3.21. The molecule has 1 aliphatic heterocycles. The first kappa shape index (κ1) is 17.4. The number of rotatable bonds is 6. The zero-order chi connectivity index (χ0) is 18.6. The van der Waals surface area contributed by atoms with Gasteiger partial charge in [0, 0.05) is 10.6 Å². The van der Waals surface area contributed by atoms with Crippen LogP contribution in [-0.4, -0.2) is 12.5 Å². The van der Waals surface area contributed by atoms with Gasteiger partial charge in [-0.1, -0.05) is 24.3 Å². The van der Waals surface area contributed by atoms with Crippen LogP contribution in [0.3, 0.4) is 0 Å². The normalized spacial score (nSPS) is 15.4. The van der Waals surface area contributed by atoms with Crippen molar-refractivity contribution in [3.8, 4) is 11.5 Å². The molecule has 1 aromatic heterocycles. The summed E-state index contributed by atoms with van der Waals surface area (Å²) in [6.45, 7) is 2.97. The van der Waals surface area contributed by atoms with Crippen molar-refractivity contribution < 1.29 is 14.3 Å². The number of nitrogens with one attached hydrogen (secondary N) is 2. The molecule has 1 amide bonds. The van der Waals surface area contributed by atoms with Crippen LogP contribution in [0.4, 0.5) is 5.69 Å². The summed E-state index contributed by atoms with van der Waals surface area (Å²) in [5, 5.41) is 8.38. The lowest BCUT2D eigenvalue weighted by molar-refractivity contribution is 0.0935. The molecule has 1 atom stereocenters. The molecule has 0 fully saturated rings. The number of ether oxygens (including phenoxy) is 2. The van der Waals surface area contributed by atoms with Crippen LogP contribution in [-0.2, 0) is 6.61 Å². The second-order valence-corrected chi connectivity index (χ2v) is 7.14. The fourth-order valence-electron chi connectivity index (χ4n) is 3.01. The minimum Gasteiger partial charge on any atom is -0.490 e. The van der Waals surface area contributed by atoms with E-state index in [0.717, 1.165) is 16.1 Å². The van der Waals surface area contributed by atoms with Gasteiger partial charge >= 0.3 is 0 Å². The Morgan fingerprint density at radius 2 is 1.89 bits per heavy atom. The van der Waals surface area contributed by atoms with Crippen LogP contribution in [0.1, 0.15) is 33.9 Å². The Hall–Kier alpha value is -2.99. The molecule has 0 radical (unpaired) electrons. The molecule has 2 heterocycles. The Kier molecular flexibility index (Phi) is 4.98. The molecule has 2 N–H and O–H groups in total. The van der Waals surface area contributed by atoms with Crippen LogP contribution >= 0.6 is 11.3 Å². The SMILES string of the molecule is CCOc1cc(C2NC(=O)c3ccccc3N2)ccc1OCc1cccs1. The van der Waals surface area contributed by atoms with E-state index >= 15 is 0 Å². The third-order valence-corrected chi connectivity index (χ3v) is 5.15. The monoisotopic (exact) mass is 380 g/mol. The Morgan fingerprint density at radius 1 is 1.00 bits per heavy atom. The Morgan fingerprint density at radius 3 is 2.70 bits per heavy atom. The van der Waals surface area contributed by atoms with Gasteiger partial charge in [0.15, 0.2) is 11.5 Å². The Bertz CT molecular complexity index is 940. The number of amides is 1. The first-order valence-corrected chi connectivity index (χ1v) is 9.71. The third-order valence-electron chi connectivity index (χ3n) is 4.30. The highest BCUT2D eigenvalue weighted by Crippen LogP contribution is 2.33. The number of thiophene rings is 1. The third kappa shape index (κ3) is 3.75. The highest BCUT2D eigenvalue weighted by atomic mass is 32.1. The van der Waals surface area contributed by atoms with Crippen molar-refractivity contribution in [2.24, 2.45) is 0 Å². The van der Waals surface area contributed by atoms with E-state index in [9.17, 15) is 4.79 Å². The zero-order valence-electron chi connectivity index (χ0n) is 14.9. The average molecular weight is 380 g/mol. The Labute approximate surface area is 161 Å². The van der Waals surface area contributed by atoms with Crippen molar-refractivity contribution in [2.75, 3.05) is 11.9 Å². The maximum absolute atomic E-state index is 12.4. The van der Waals surface area contributed by atoms with Gasteiger partial charge in [-0.2, -0.15) is 0 Å². The summed E-state index contributed by atoms with van der Waals surface area (Å²) >= 11 is 1.66. The number of carbonyl (C=O) groups is 1. The van der Waals surface area contributed by atoms with E-state index in [4.69, 9.17) is 9.47 Å². The molecule has 6 heteroatoms. The summed E-state index contributed by atoms with van der Waals surface area (Å²) in [6.07, 6.45) is -0.321. The molecule has 0 spiro atoms. The Balaban J connectivity index is 1.56. The molecule has 27 heavy (non-hydrogen) atoms. The highest BCUT2D eigenvalue weighted by Gasteiger charge is 2.25. The van der Waals surface area contributed by atoms with Gasteiger partial charge in [-0.15, -0.1) is 11.3 Å². The van der Waals surface area contributed by atoms with Crippen molar-refractivity contribution in [1.82, 2.24) is 5.32 Å². The lowest BCUT2D eigenvalue weighted by Crippen LogP contribution is -2.38. The van der Waals surface area contributed by atoms with Gasteiger partial charge in [-0.25, -0.2) is 0 Å². The van der Waals surface area contributed by atoms with Crippen molar-refractivity contribution in [3.63, 3.8) is 0 Å². The molecule has 0 saturated heterocycles. The van der Waals surface area contributed by atoms with E-state index < -0.39 is 0 Å². The molecule has 4 rings (SSSR count). The quantitative estimate of drug-likeness (QED) is 0.657. The first-order valence-electron chi connectivity index (χ1n) is 8.83. The highest BCUT2D eigenvalue weighted by molar-refractivity contribution is 7.09. The molecule has 0 saturated carbocycles. The van der Waals surface area contributed by atoms with Crippen molar-refractivity contribution in [2.45, 2.75) is 19.7 Å². The van der Waals surface area contributed by atoms with Gasteiger partial charge in [0.2, 0.25) is 0 Å². The molecule has 0 aliphatic carbocycles. The van der Waals surface area contributed by atoms with Gasteiger partial charge in [-0.3, -0.25) is 4.79 Å². The lowest BCUT2D eigenvalue weighted by atomic mass is 10.1. The molecule has 0 bridgehead atoms. The van der Waals surface area contributed by atoms with Crippen molar-refractivity contribution >= 4 is 22.9 Å². The van der Waals surface area contributed by atoms with Gasteiger partial charge in [0.05, 0.1) is 12.2 Å². The summed E-state index contributed by atoms with van der Waals surface area (Å²) in [4.78, 5) is 13.5. The molecular formula is C21H20N2O3S. The second kappa shape index (κ2) is 7.72. The molecule has 5 nitrogen and oxygen atoms in total. The number of fused-ring (bicyclic) bond motifs is 1. The largest absolute Gasteiger partial charge is 0.490 e. The summed E-state index contributed by atoms with van der Waals surface area (Å²) in [7, 11) is 0. The molecular weight excluding hydrogens is 360 g/mol. The number of hydrogen-bond donors (Lipinski definition) is 2. The van der Waals surface area contributed by atoms with Gasteiger partial charge in [0.1, 0.15) is 12.8 Å². The molecule has 1 unspecified atom stereocenters. The van der Waals surface area contributed by atoms with Crippen LogP contribution < -0.4 is 20.1 Å². The van der Waals surface area contributed by atoms with Crippen LogP contribution in [0.5, 0.6) is 11.5 Å². The number of carbonyl (C=O) groups excluding carboxylic acids is 1. The standard InChI is InChI=1S/C21H20N2O3S/c1-2-25-19-12-14(9-10-18(19)26-13-15-6-5-11-27-15)20-22-17-8-4-3-7-16(17)21(24)23-20/h3-12,20,22H,2,13H2,1H3,(H,23,24). The first-order chi connectivity index (χ1) is 13.2. The van der Waals surface area contributed by atoms with E-state index in [1.165, 1.54) is 0 Å². The maximum Gasteiger partial charge on any atom is 0.255 e. The number of anilines is 1. The van der Waals surface area contributed by atoms with Crippen LogP contribution in [0.15, 0.2) is 60.0 Å². The van der Waals surface area contributed by atoms with E-state index in [1.807, 2.05) is 60.8 Å². The maximum atomic E-state index is 12.4. The lowest BCUT2D eigenvalue weighted by Gasteiger charge is -2.28. The predicted octanol–water partition coefficient (Wildman–Crippen LogP) is 4.58. The van der Waals surface area contributed by atoms with Crippen molar-refractivity contribution in [3.05, 3.63) is 76.0 Å². The summed E-state index contributed by atoms with van der Waals surface area (Å²) in [5.74, 6) is 1.27. The number of hydrogen-bond acceptors (Lipinski definition) is 5. The van der Waals surface area contributed by atoms with E-state index in [0.29, 0.717) is 30.3 Å².